The lowest BCUT2D eigenvalue weighted by Gasteiger charge is -2.29. The summed E-state index contributed by atoms with van der Waals surface area (Å²) in [6, 6.07) is 8.13. The topological polar surface area (TPSA) is 32.3 Å². The predicted octanol–water partition coefficient (Wildman–Crippen LogP) is 2.75. The van der Waals surface area contributed by atoms with E-state index in [-0.39, 0.29) is 0 Å². The lowest BCUT2D eigenvalue weighted by Crippen LogP contribution is -2.43. The first kappa shape index (κ1) is 16.5. The van der Waals surface area contributed by atoms with Crippen LogP contribution in [0, 0.1) is 0 Å². The van der Waals surface area contributed by atoms with Crippen LogP contribution in [-0.4, -0.2) is 36.6 Å². The molecule has 3 nitrogen and oxygen atoms in total. The average molecular weight is 288 g/mol. The van der Waals surface area contributed by atoms with Crippen molar-refractivity contribution in [3.63, 3.8) is 0 Å². The van der Waals surface area contributed by atoms with Crippen molar-refractivity contribution < 1.29 is 18.0 Å². The summed E-state index contributed by atoms with van der Waals surface area (Å²) >= 11 is 0. The van der Waals surface area contributed by atoms with Crippen LogP contribution in [-0.2, 0) is 4.79 Å². The van der Waals surface area contributed by atoms with Gasteiger partial charge in [-0.05, 0) is 18.7 Å². The molecule has 112 valence electrons. The number of carbonyl (C=O) groups excluding carboxylic acids is 1. The largest absolute Gasteiger partial charge is 0.405 e. The molecule has 1 aromatic carbocycles. The number of hydrogen-bond acceptors (Lipinski definition) is 2. The van der Waals surface area contributed by atoms with Crippen molar-refractivity contribution in [2.45, 2.75) is 26.1 Å². The molecule has 1 N–H and O–H groups in total. The molecule has 0 aliphatic rings. The smallest absolute Gasteiger partial charge is 0.345 e. The zero-order chi connectivity index (χ0) is 15.2. The molecule has 0 heterocycles. The third-order valence-electron chi connectivity index (χ3n) is 3.00. The van der Waals surface area contributed by atoms with Gasteiger partial charge in [0.25, 0.3) is 0 Å². The summed E-state index contributed by atoms with van der Waals surface area (Å²) < 4.78 is 36.7. The molecule has 0 spiro atoms. The zero-order valence-electron chi connectivity index (χ0n) is 11.6. The highest BCUT2D eigenvalue weighted by atomic mass is 19.4. The van der Waals surface area contributed by atoms with Crippen LogP contribution in [0.2, 0.25) is 0 Å². The molecule has 0 aliphatic heterocycles. The summed E-state index contributed by atoms with van der Waals surface area (Å²) in [6.07, 6.45) is -4.40. The van der Waals surface area contributed by atoms with Gasteiger partial charge in [-0.25, -0.2) is 0 Å². The third kappa shape index (κ3) is 4.85. The van der Waals surface area contributed by atoms with Crippen molar-refractivity contribution in [3.05, 3.63) is 35.9 Å². The molecule has 0 aliphatic carbocycles. The van der Waals surface area contributed by atoms with Gasteiger partial charge in [-0.1, -0.05) is 44.2 Å². The number of carbonyl (C=O) groups is 1. The predicted molar refractivity (Wildman–Crippen MR) is 71.2 cm³/mol. The summed E-state index contributed by atoms with van der Waals surface area (Å²) in [5, 5.41) is 1.96. The normalized spacial score (nSPS) is 13.3. The maximum atomic E-state index is 12.2. The number of halogens is 3. The van der Waals surface area contributed by atoms with E-state index >= 15 is 0 Å². The fourth-order valence-electron chi connectivity index (χ4n) is 2.04. The maximum absolute atomic E-state index is 12.2. The van der Waals surface area contributed by atoms with Gasteiger partial charge in [-0.3, -0.25) is 9.69 Å². The summed E-state index contributed by atoms with van der Waals surface area (Å²) in [7, 11) is 0. The number of benzene rings is 1. The van der Waals surface area contributed by atoms with E-state index in [9.17, 15) is 18.0 Å². The zero-order valence-corrected chi connectivity index (χ0v) is 11.6. The van der Waals surface area contributed by atoms with Gasteiger partial charge in [0.1, 0.15) is 12.6 Å². The Morgan fingerprint density at radius 2 is 1.75 bits per heavy atom. The molecule has 20 heavy (non-hydrogen) atoms. The van der Waals surface area contributed by atoms with Crippen molar-refractivity contribution >= 4 is 5.91 Å². The average Bonchev–Trinajstić information content (AvgIpc) is 2.42. The standard InChI is InChI=1S/C14H19F3N2O/c1-3-19(4-2)12(11-8-6-5-7-9-11)13(20)18-10-14(15,16)17/h5-9,12H,3-4,10H2,1-2H3,(H,18,20)/t12-/m1/s1. The van der Waals surface area contributed by atoms with E-state index in [1.54, 1.807) is 30.3 Å². The Morgan fingerprint density at radius 1 is 1.20 bits per heavy atom. The van der Waals surface area contributed by atoms with Crippen LogP contribution < -0.4 is 5.32 Å². The number of rotatable bonds is 6. The van der Waals surface area contributed by atoms with Crippen molar-refractivity contribution in [2.24, 2.45) is 0 Å². The molecule has 0 radical (unpaired) electrons. The summed E-state index contributed by atoms with van der Waals surface area (Å²) in [6.45, 7) is 3.59. The van der Waals surface area contributed by atoms with Gasteiger partial charge in [-0.2, -0.15) is 13.2 Å². The molecule has 1 atom stereocenters. The second kappa shape index (κ2) is 7.28. The first-order valence-electron chi connectivity index (χ1n) is 6.52. The summed E-state index contributed by atoms with van der Waals surface area (Å²) in [5.74, 6) is -0.628. The first-order chi connectivity index (χ1) is 9.39. The van der Waals surface area contributed by atoms with E-state index in [2.05, 4.69) is 0 Å². The first-order valence-corrected chi connectivity index (χ1v) is 6.52. The monoisotopic (exact) mass is 288 g/mol. The van der Waals surface area contributed by atoms with Gasteiger partial charge in [0.05, 0.1) is 0 Å². The Balaban J connectivity index is 2.91. The van der Waals surface area contributed by atoms with Gasteiger partial charge in [-0.15, -0.1) is 0 Å². The number of amides is 1. The molecule has 0 unspecified atom stereocenters. The second-order valence-electron chi connectivity index (χ2n) is 4.37. The number of nitrogens with one attached hydrogen (secondary N) is 1. The number of hydrogen-bond donors (Lipinski definition) is 1. The van der Waals surface area contributed by atoms with Crippen LogP contribution >= 0.6 is 0 Å². The molecule has 1 amide bonds. The highest BCUT2D eigenvalue weighted by Crippen LogP contribution is 2.21. The lowest BCUT2D eigenvalue weighted by molar-refractivity contribution is -0.141. The molecule has 0 aromatic heterocycles. The Labute approximate surface area is 116 Å². The summed E-state index contributed by atoms with van der Waals surface area (Å²) in [4.78, 5) is 13.9. The SMILES string of the molecule is CCN(CC)[C@@H](C(=O)NCC(F)(F)F)c1ccccc1. The van der Waals surface area contributed by atoms with Crippen molar-refractivity contribution in [2.75, 3.05) is 19.6 Å². The highest BCUT2D eigenvalue weighted by Gasteiger charge is 2.31. The minimum Gasteiger partial charge on any atom is -0.345 e. The molecule has 1 aromatic rings. The van der Waals surface area contributed by atoms with E-state index < -0.39 is 24.7 Å². The quantitative estimate of drug-likeness (QED) is 0.873. The van der Waals surface area contributed by atoms with Crippen LogP contribution in [0.1, 0.15) is 25.5 Å². The van der Waals surface area contributed by atoms with Crippen LogP contribution in [0.25, 0.3) is 0 Å². The minimum absolute atomic E-state index is 0.579. The molecular weight excluding hydrogens is 269 g/mol. The molecule has 0 saturated carbocycles. The number of alkyl halides is 3. The molecule has 1 rings (SSSR count). The molecule has 0 bridgehead atoms. The van der Waals surface area contributed by atoms with E-state index in [1.807, 2.05) is 24.1 Å². The molecule has 0 fully saturated rings. The molecular formula is C14H19F3N2O. The highest BCUT2D eigenvalue weighted by molar-refractivity contribution is 5.83. The third-order valence-corrected chi connectivity index (χ3v) is 3.00. The van der Waals surface area contributed by atoms with E-state index in [0.29, 0.717) is 18.7 Å². The Bertz CT molecular complexity index is 416. The van der Waals surface area contributed by atoms with E-state index in [0.717, 1.165) is 0 Å². The van der Waals surface area contributed by atoms with Gasteiger partial charge in [0, 0.05) is 0 Å². The van der Waals surface area contributed by atoms with Crippen molar-refractivity contribution in [1.29, 1.82) is 0 Å². The fourth-order valence-corrected chi connectivity index (χ4v) is 2.04. The Hall–Kier alpha value is -1.56. The van der Waals surface area contributed by atoms with E-state index in [4.69, 9.17) is 0 Å². The number of likely N-dealkylation sites (N-methyl/N-ethyl adjacent to an activating group) is 1. The minimum atomic E-state index is -4.40. The van der Waals surface area contributed by atoms with Gasteiger partial charge >= 0.3 is 6.18 Å². The number of nitrogens with zero attached hydrogens (tertiary/aromatic N) is 1. The van der Waals surface area contributed by atoms with Crippen LogP contribution in [0.4, 0.5) is 13.2 Å². The Morgan fingerprint density at radius 3 is 2.20 bits per heavy atom. The fraction of sp³-hybridized carbons (Fsp3) is 0.500. The molecule has 0 saturated heterocycles. The summed E-state index contributed by atoms with van der Waals surface area (Å²) in [5.41, 5.74) is 0.691. The second-order valence-corrected chi connectivity index (χ2v) is 4.37. The van der Waals surface area contributed by atoms with E-state index in [1.165, 1.54) is 0 Å². The van der Waals surface area contributed by atoms with Crippen molar-refractivity contribution in [3.8, 4) is 0 Å². The van der Waals surface area contributed by atoms with Crippen molar-refractivity contribution in [1.82, 2.24) is 10.2 Å². The maximum Gasteiger partial charge on any atom is 0.405 e. The molecule has 6 heteroatoms. The Kier molecular flexibility index (Phi) is 6.01. The van der Waals surface area contributed by atoms with Gasteiger partial charge in [0.2, 0.25) is 5.91 Å². The van der Waals surface area contributed by atoms with Crippen LogP contribution in [0.15, 0.2) is 30.3 Å². The van der Waals surface area contributed by atoms with Crippen LogP contribution in [0.3, 0.4) is 0 Å². The van der Waals surface area contributed by atoms with Crippen LogP contribution in [0.5, 0.6) is 0 Å². The lowest BCUT2D eigenvalue weighted by atomic mass is 10.0. The van der Waals surface area contributed by atoms with Gasteiger partial charge in [0.15, 0.2) is 0 Å². The van der Waals surface area contributed by atoms with Gasteiger partial charge < -0.3 is 5.32 Å².